The zero-order chi connectivity index (χ0) is 18.1. The predicted octanol–water partition coefficient (Wildman–Crippen LogP) is 4.76. The van der Waals surface area contributed by atoms with Gasteiger partial charge in [-0.1, -0.05) is 24.3 Å². The minimum atomic E-state index is 0.384. The number of piperidine rings is 1. The van der Waals surface area contributed by atoms with Gasteiger partial charge in [-0.05, 0) is 68.2 Å². The van der Waals surface area contributed by atoms with Crippen LogP contribution in [0.4, 0.5) is 5.69 Å². The first-order valence-corrected chi connectivity index (χ1v) is 9.59. The number of thiocarbonyl (C=S) groups is 1. The van der Waals surface area contributed by atoms with Gasteiger partial charge in [-0.25, -0.2) is 4.98 Å². The quantitative estimate of drug-likeness (QED) is 0.644. The Bertz CT molecular complexity index is 913. The maximum Gasteiger partial charge on any atom is 0.173 e. The number of aryl methyl sites for hydroxylation is 2. The Hall–Kier alpha value is -2.40. The van der Waals surface area contributed by atoms with Crippen molar-refractivity contribution in [1.82, 2.24) is 14.9 Å². The van der Waals surface area contributed by atoms with Gasteiger partial charge in [0.05, 0.1) is 11.0 Å². The van der Waals surface area contributed by atoms with Crippen LogP contribution in [0.5, 0.6) is 0 Å². The first kappa shape index (κ1) is 17.0. The summed E-state index contributed by atoms with van der Waals surface area (Å²) in [6.45, 7) is 6.11. The summed E-state index contributed by atoms with van der Waals surface area (Å²) in [6.07, 6.45) is 2.26. The van der Waals surface area contributed by atoms with Crippen molar-refractivity contribution in [3.63, 3.8) is 0 Å². The molecule has 1 saturated heterocycles. The Labute approximate surface area is 159 Å². The van der Waals surface area contributed by atoms with Gasteiger partial charge in [0.25, 0.3) is 0 Å². The van der Waals surface area contributed by atoms with Crippen LogP contribution >= 0.6 is 12.2 Å². The number of hydrogen-bond donors (Lipinski definition) is 2. The van der Waals surface area contributed by atoms with Crippen LogP contribution in [-0.2, 0) is 0 Å². The molecule has 2 N–H and O–H groups in total. The molecule has 1 aliphatic heterocycles. The predicted molar refractivity (Wildman–Crippen MR) is 112 cm³/mol. The highest BCUT2D eigenvalue weighted by Gasteiger charge is 2.25. The highest BCUT2D eigenvalue weighted by Crippen LogP contribution is 2.27. The first-order valence-electron chi connectivity index (χ1n) is 9.18. The van der Waals surface area contributed by atoms with E-state index in [1.165, 1.54) is 11.1 Å². The van der Waals surface area contributed by atoms with Crippen molar-refractivity contribution in [2.24, 2.45) is 0 Å². The smallest absolute Gasteiger partial charge is 0.173 e. The van der Waals surface area contributed by atoms with Crippen molar-refractivity contribution in [3.05, 3.63) is 59.4 Å². The van der Waals surface area contributed by atoms with E-state index in [2.05, 4.69) is 59.4 Å². The van der Waals surface area contributed by atoms with Gasteiger partial charge < -0.3 is 15.2 Å². The number of hydrogen-bond acceptors (Lipinski definition) is 2. The average Bonchev–Trinajstić information content (AvgIpc) is 3.09. The van der Waals surface area contributed by atoms with Crippen LogP contribution < -0.4 is 5.32 Å². The van der Waals surface area contributed by atoms with Crippen LogP contribution in [-0.4, -0.2) is 33.1 Å². The van der Waals surface area contributed by atoms with Crippen LogP contribution in [0.2, 0.25) is 0 Å². The Balaban J connectivity index is 1.49. The molecule has 1 fully saturated rings. The van der Waals surface area contributed by atoms with Crippen LogP contribution in [0.25, 0.3) is 11.0 Å². The number of nitrogens with one attached hydrogen (secondary N) is 2. The number of imidazole rings is 1. The normalized spacial score (nSPS) is 17.5. The minimum Gasteiger partial charge on any atom is -0.348 e. The largest absolute Gasteiger partial charge is 0.348 e. The lowest BCUT2D eigenvalue weighted by atomic mass is 9.98. The minimum absolute atomic E-state index is 0.384. The summed E-state index contributed by atoms with van der Waals surface area (Å²) in [5, 5.41) is 4.25. The zero-order valence-corrected chi connectivity index (χ0v) is 16.1. The van der Waals surface area contributed by atoms with E-state index in [4.69, 9.17) is 17.2 Å². The summed E-state index contributed by atoms with van der Waals surface area (Å²) in [5.41, 5.74) is 5.69. The molecule has 0 radical (unpaired) electrons. The summed E-state index contributed by atoms with van der Waals surface area (Å²) in [7, 11) is 0. The molecule has 0 aliphatic carbocycles. The molecule has 4 nitrogen and oxygen atoms in total. The van der Waals surface area contributed by atoms with E-state index in [-0.39, 0.29) is 0 Å². The molecular formula is C21H24N4S. The lowest BCUT2D eigenvalue weighted by Crippen LogP contribution is -2.41. The van der Waals surface area contributed by atoms with E-state index in [0.29, 0.717) is 5.92 Å². The van der Waals surface area contributed by atoms with Gasteiger partial charge in [-0.2, -0.15) is 0 Å². The number of aromatic amines is 1. The number of fused-ring (bicyclic) bond motifs is 1. The van der Waals surface area contributed by atoms with Crippen LogP contribution in [0.15, 0.2) is 42.5 Å². The molecule has 3 aromatic rings. The molecule has 2 aromatic carbocycles. The molecule has 5 heteroatoms. The van der Waals surface area contributed by atoms with Gasteiger partial charge in [0.15, 0.2) is 5.11 Å². The number of likely N-dealkylation sites (tertiary alicyclic amines) is 1. The average molecular weight is 365 g/mol. The molecule has 4 rings (SSSR count). The van der Waals surface area contributed by atoms with Crippen molar-refractivity contribution >= 4 is 34.1 Å². The maximum atomic E-state index is 5.71. The lowest BCUT2D eigenvalue weighted by Gasteiger charge is -2.34. The van der Waals surface area contributed by atoms with Crippen molar-refractivity contribution in [2.45, 2.75) is 32.6 Å². The van der Waals surface area contributed by atoms with E-state index < -0.39 is 0 Å². The summed E-state index contributed by atoms with van der Waals surface area (Å²) < 4.78 is 0. The molecule has 26 heavy (non-hydrogen) atoms. The Morgan fingerprint density at radius 2 is 2.08 bits per heavy atom. The highest BCUT2D eigenvalue weighted by molar-refractivity contribution is 7.80. The summed E-state index contributed by atoms with van der Waals surface area (Å²) in [5.74, 6) is 1.46. The second-order valence-corrected chi connectivity index (χ2v) is 7.56. The first-order chi connectivity index (χ1) is 12.6. The fourth-order valence-corrected chi connectivity index (χ4v) is 3.89. The van der Waals surface area contributed by atoms with Crippen molar-refractivity contribution < 1.29 is 0 Å². The Morgan fingerprint density at radius 3 is 2.92 bits per heavy atom. The molecule has 0 bridgehead atoms. The third-order valence-corrected chi connectivity index (χ3v) is 5.50. The van der Waals surface area contributed by atoms with Gasteiger partial charge in [-0.15, -0.1) is 0 Å². The van der Waals surface area contributed by atoms with Crippen molar-refractivity contribution in [1.29, 1.82) is 0 Å². The van der Waals surface area contributed by atoms with Gasteiger partial charge in [-0.3, -0.25) is 0 Å². The summed E-state index contributed by atoms with van der Waals surface area (Å²) in [6, 6.07) is 14.6. The molecule has 1 aliphatic rings. The standard InChI is InChI=1S/C21H24N4S/c1-14-9-10-15(2)19(12-14)24-21(26)25-11-5-6-16(13-25)20-22-17-7-3-4-8-18(17)23-20/h3-4,7-10,12,16H,5-6,11,13H2,1-2H3,(H,22,23)(H,24,26)/t16-/m1/s1. The number of benzene rings is 2. The zero-order valence-electron chi connectivity index (χ0n) is 15.2. The number of rotatable bonds is 2. The van der Waals surface area contributed by atoms with Gasteiger partial charge in [0.1, 0.15) is 5.82 Å². The molecule has 0 spiro atoms. The monoisotopic (exact) mass is 364 g/mol. The Kier molecular flexibility index (Phi) is 4.64. The number of H-pyrrole nitrogens is 1. The number of para-hydroxylation sites is 2. The van der Waals surface area contributed by atoms with Crippen molar-refractivity contribution in [3.8, 4) is 0 Å². The molecule has 2 heterocycles. The third kappa shape index (κ3) is 3.44. The molecule has 1 atom stereocenters. The Morgan fingerprint density at radius 1 is 1.23 bits per heavy atom. The van der Waals surface area contributed by atoms with E-state index in [9.17, 15) is 0 Å². The molecule has 0 saturated carbocycles. The summed E-state index contributed by atoms with van der Waals surface area (Å²) >= 11 is 5.71. The van der Waals surface area contributed by atoms with E-state index in [0.717, 1.165) is 53.6 Å². The number of nitrogens with zero attached hydrogens (tertiary/aromatic N) is 2. The van der Waals surface area contributed by atoms with Gasteiger partial charge in [0.2, 0.25) is 0 Å². The fourth-order valence-electron chi connectivity index (χ4n) is 3.62. The number of aromatic nitrogens is 2. The molecule has 1 aromatic heterocycles. The maximum absolute atomic E-state index is 5.71. The van der Waals surface area contributed by atoms with Crippen LogP contribution in [0, 0.1) is 13.8 Å². The molecule has 134 valence electrons. The second-order valence-electron chi connectivity index (χ2n) is 7.17. The van der Waals surface area contributed by atoms with Crippen molar-refractivity contribution in [2.75, 3.05) is 18.4 Å². The molecule has 0 amide bonds. The highest BCUT2D eigenvalue weighted by atomic mass is 32.1. The number of anilines is 1. The fraction of sp³-hybridized carbons (Fsp3) is 0.333. The SMILES string of the molecule is Cc1ccc(C)c(NC(=S)N2CCC[C@@H](c3nc4ccccc4[nH]3)C2)c1. The van der Waals surface area contributed by atoms with Gasteiger partial charge in [0, 0.05) is 24.7 Å². The van der Waals surface area contributed by atoms with Crippen LogP contribution in [0.1, 0.15) is 35.7 Å². The lowest BCUT2D eigenvalue weighted by molar-refractivity contribution is 0.307. The van der Waals surface area contributed by atoms with E-state index >= 15 is 0 Å². The third-order valence-electron chi connectivity index (χ3n) is 5.14. The van der Waals surface area contributed by atoms with Crippen LogP contribution in [0.3, 0.4) is 0 Å². The van der Waals surface area contributed by atoms with E-state index in [1.807, 2.05) is 12.1 Å². The molecular weight excluding hydrogens is 340 g/mol. The second kappa shape index (κ2) is 7.08. The molecule has 0 unspecified atom stereocenters. The van der Waals surface area contributed by atoms with E-state index in [1.54, 1.807) is 0 Å². The summed E-state index contributed by atoms with van der Waals surface area (Å²) in [4.78, 5) is 10.6. The topological polar surface area (TPSA) is 44.0 Å². The van der Waals surface area contributed by atoms with Gasteiger partial charge >= 0.3 is 0 Å².